The van der Waals surface area contributed by atoms with Crippen LogP contribution in [0.15, 0.2) is 18.2 Å². The highest BCUT2D eigenvalue weighted by atomic mass is 16.1. The SMILES string of the molecule is C#CCN(CC)c1ccc(C=O)c(C)c1. The highest BCUT2D eigenvalue weighted by molar-refractivity contribution is 5.78. The Morgan fingerprint density at radius 2 is 2.27 bits per heavy atom. The molecule has 0 amide bonds. The first-order valence-electron chi connectivity index (χ1n) is 4.97. The van der Waals surface area contributed by atoms with Crippen molar-refractivity contribution in [3.8, 4) is 12.3 Å². The van der Waals surface area contributed by atoms with Crippen molar-refractivity contribution in [3.05, 3.63) is 29.3 Å². The molecule has 0 saturated carbocycles. The molecule has 0 aromatic heterocycles. The third-order valence-electron chi connectivity index (χ3n) is 2.41. The number of hydrogen-bond donors (Lipinski definition) is 0. The van der Waals surface area contributed by atoms with Gasteiger partial charge in [0.25, 0.3) is 0 Å². The fourth-order valence-electron chi connectivity index (χ4n) is 1.48. The second-order valence-electron chi connectivity index (χ2n) is 3.38. The third-order valence-corrected chi connectivity index (χ3v) is 2.41. The number of aryl methyl sites for hydroxylation is 1. The van der Waals surface area contributed by atoms with E-state index in [9.17, 15) is 4.79 Å². The van der Waals surface area contributed by atoms with Crippen molar-refractivity contribution < 1.29 is 4.79 Å². The predicted octanol–water partition coefficient (Wildman–Crippen LogP) is 2.27. The molecule has 0 aliphatic rings. The molecule has 0 saturated heterocycles. The summed E-state index contributed by atoms with van der Waals surface area (Å²) in [6, 6.07) is 5.75. The minimum Gasteiger partial charge on any atom is -0.361 e. The maximum Gasteiger partial charge on any atom is 0.150 e. The summed E-state index contributed by atoms with van der Waals surface area (Å²) in [5.41, 5.74) is 2.78. The first-order valence-corrected chi connectivity index (χ1v) is 4.97. The maximum absolute atomic E-state index is 10.7. The van der Waals surface area contributed by atoms with Crippen LogP contribution < -0.4 is 4.90 Å². The lowest BCUT2D eigenvalue weighted by Gasteiger charge is -2.20. The van der Waals surface area contributed by atoms with Gasteiger partial charge in [-0.05, 0) is 37.6 Å². The quantitative estimate of drug-likeness (QED) is 0.550. The lowest BCUT2D eigenvalue weighted by molar-refractivity contribution is 0.112. The Morgan fingerprint density at radius 1 is 1.53 bits per heavy atom. The number of nitrogens with zero attached hydrogens (tertiary/aromatic N) is 1. The number of anilines is 1. The van der Waals surface area contributed by atoms with Gasteiger partial charge >= 0.3 is 0 Å². The largest absolute Gasteiger partial charge is 0.361 e. The molecular formula is C13H15NO. The summed E-state index contributed by atoms with van der Waals surface area (Å²) in [4.78, 5) is 12.7. The van der Waals surface area contributed by atoms with E-state index in [1.165, 1.54) is 0 Å². The number of rotatable bonds is 4. The van der Waals surface area contributed by atoms with Gasteiger partial charge in [-0.2, -0.15) is 0 Å². The van der Waals surface area contributed by atoms with Crippen LogP contribution in [0.5, 0.6) is 0 Å². The number of terminal acetylenes is 1. The van der Waals surface area contributed by atoms with Gasteiger partial charge in [0.2, 0.25) is 0 Å². The van der Waals surface area contributed by atoms with E-state index in [1.807, 2.05) is 25.1 Å². The van der Waals surface area contributed by atoms with Gasteiger partial charge in [-0.25, -0.2) is 0 Å². The molecule has 0 bridgehead atoms. The number of benzene rings is 1. The molecule has 0 aliphatic carbocycles. The van der Waals surface area contributed by atoms with Gasteiger partial charge < -0.3 is 4.90 Å². The van der Waals surface area contributed by atoms with Crippen LogP contribution in [-0.2, 0) is 0 Å². The van der Waals surface area contributed by atoms with Crippen LogP contribution in [0.3, 0.4) is 0 Å². The lowest BCUT2D eigenvalue weighted by Crippen LogP contribution is -2.22. The molecule has 1 aromatic carbocycles. The molecule has 78 valence electrons. The summed E-state index contributed by atoms with van der Waals surface area (Å²) in [5.74, 6) is 2.62. The van der Waals surface area contributed by atoms with E-state index in [4.69, 9.17) is 6.42 Å². The lowest BCUT2D eigenvalue weighted by atomic mass is 10.1. The summed E-state index contributed by atoms with van der Waals surface area (Å²) < 4.78 is 0. The van der Waals surface area contributed by atoms with Crippen LogP contribution in [0.4, 0.5) is 5.69 Å². The molecule has 0 aliphatic heterocycles. The monoisotopic (exact) mass is 201 g/mol. The normalized spacial score (nSPS) is 9.40. The zero-order chi connectivity index (χ0) is 11.3. The fourth-order valence-corrected chi connectivity index (χ4v) is 1.48. The van der Waals surface area contributed by atoms with Crippen molar-refractivity contribution in [1.82, 2.24) is 0 Å². The molecule has 0 atom stereocenters. The standard InChI is InChI=1S/C13H15NO/c1-4-8-14(5-2)13-7-6-12(10-15)11(3)9-13/h1,6-7,9-10H,5,8H2,2-3H3. The molecule has 1 rings (SSSR count). The molecule has 0 heterocycles. The molecule has 1 aromatic rings. The average molecular weight is 201 g/mol. The molecule has 2 nitrogen and oxygen atoms in total. The molecule has 15 heavy (non-hydrogen) atoms. The van der Waals surface area contributed by atoms with Crippen molar-refractivity contribution in [3.63, 3.8) is 0 Å². The van der Waals surface area contributed by atoms with Crippen LogP contribution >= 0.6 is 0 Å². The van der Waals surface area contributed by atoms with Crippen LogP contribution in [0.1, 0.15) is 22.8 Å². The second kappa shape index (κ2) is 5.21. The van der Waals surface area contributed by atoms with E-state index in [0.717, 1.165) is 29.6 Å². The summed E-state index contributed by atoms with van der Waals surface area (Å²) in [7, 11) is 0. The van der Waals surface area contributed by atoms with Crippen LogP contribution in [0.2, 0.25) is 0 Å². The smallest absolute Gasteiger partial charge is 0.150 e. The van der Waals surface area contributed by atoms with Gasteiger partial charge in [0.05, 0.1) is 6.54 Å². The fraction of sp³-hybridized carbons (Fsp3) is 0.308. The van der Waals surface area contributed by atoms with Crippen molar-refractivity contribution in [1.29, 1.82) is 0 Å². The topological polar surface area (TPSA) is 20.3 Å². The second-order valence-corrected chi connectivity index (χ2v) is 3.38. The minimum atomic E-state index is 0.594. The van der Waals surface area contributed by atoms with Gasteiger partial charge in [0.1, 0.15) is 6.29 Å². The van der Waals surface area contributed by atoms with E-state index in [2.05, 4.69) is 17.7 Å². The summed E-state index contributed by atoms with van der Waals surface area (Å²) in [6.07, 6.45) is 6.16. The van der Waals surface area contributed by atoms with Gasteiger partial charge in [-0.3, -0.25) is 4.79 Å². The Labute approximate surface area is 90.9 Å². The van der Waals surface area contributed by atoms with Gasteiger partial charge in [0, 0.05) is 17.8 Å². The zero-order valence-corrected chi connectivity index (χ0v) is 9.16. The zero-order valence-electron chi connectivity index (χ0n) is 9.16. The van der Waals surface area contributed by atoms with E-state index in [0.29, 0.717) is 6.54 Å². The van der Waals surface area contributed by atoms with Crippen LogP contribution in [0, 0.1) is 19.3 Å². The van der Waals surface area contributed by atoms with Gasteiger partial charge in [-0.15, -0.1) is 6.42 Å². The van der Waals surface area contributed by atoms with E-state index in [-0.39, 0.29) is 0 Å². The van der Waals surface area contributed by atoms with Crippen LogP contribution in [0.25, 0.3) is 0 Å². The summed E-state index contributed by atoms with van der Waals surface area (Å²) in [6.45, 7) is 5.44. The minimum absolute atomic E-state index is 0.594. The molecule has 0 spiro atoms. The van der Waals surface area contributed by atoms with E-state index in [1.54, 1.807) is 0 Å². The highest BCUT2D eigenvalue weighted by Crippen LogP contribution is 2.17. The summed E-state index contributed by atoms with van der Waals surface area (Å²) >= 11 is 0. The Hall–Kier alpha value is -1.75. The van der Waals surface area contributed by atoms with Crippen molar-refractivity contribution in [2.45, 2.75) is 13.8 Å². The number of aldehydes is 1. The number of hydrogen-bond acceptors (Lipinski definition) is 2. The summed E-state index contributed by atoms with van der Waals surface area (Å²) in [5, 5.41) is 0. The van der Waals surface area contributed by atoms with Gasteiger partial charge in [0.15, 0.2) is 0 Å². The molecule has 0 N–H and O–H groups in total. The molecule has 0 radical (unpaired) electrons. The molecular weight excluding hydrogens is 186 g/mol. The molecule has 0 fully saturated rings. The maximum atomic E-state index is 10.7. The highest BCUT2D eigenvalue weighted by Gasteiger charge is 2.04. The number of carbonyl (C=O) groups is 1. The Balaban J connectivity index is 3.00. The average Bonchev–Trinajstić information content (AvgIpc) is 2.25. The predicted molar refractivity (Wildman–Crippen MR) is 63.3 cm³/mol. The third kappa shape index (κ3) is 2.60. The Kier molecular flexibility index (Phi) is 3.93. The first-order chi connectivity index (χ1) is 7.22. The van der Waals surface area contributed by atoms with Crippen LogP contribution in [-0.4, -0.2) is 19.4 Å². The molecule has 0 unspecified atom stereocenters. The Bertz CT molecular complexity index is 390. The van der Waals surface area contributed by atoms with Crippen molar-refractivity contribution >= 4 is 12.0 Å². The molecule has 2 heteroatoms. The first kappa shape index (κ1) is 11.3. The van der Waals surface area contributed by atoms with Gasteiger partial charge in [-0.1, -0.05) is 5.92 Å². The van der Waals surface area contributed by atoms with E-state index >= 15 is 0 Å². The Morgan fingerprint density at radius 3 is 2.73 bits per heavy atom. The number of carbonyl (C=O) groups excluding carboxylic acids is 1. The van der Waals surface area contributed by atoms with Crippen molar-refractivity contribution in [2.24, 2.45) is 0 Å². The van der Waals surface area contributed by atoms with Crippen molar-refractivity contribution in [2.75, 3.05) is 18.0 Å². The van der Waals surface area contributed by atoms with E-state index < -0.39 is 0 Å².